The highest BCUT2D eigenvalue weighted by molar-refractivity contribution is 5.79. The molecule has 0 bridgehead atoms. The van der Waals surface area contributed by atoms with Gasteiger partial charge in [0.1, 0.15) is 5.69 Å². The Kier molecular flexibility index (Phi) is 5.99. The largest absolute Gasteiger partial charge is 0.384 e. The summed E-state index contributed by atoms with van der Waals surface area (Å²) in [7, 11) is 5.88. The second-order valence-electron chi connectivity index (χ2n) is 9.36. The number of hydrogen-bond donors (Lipinski definition) is 0. The van der Waals surface area contributed by atoms with Crippen LogP contribution in [0.1, 0.15) is 13.8 Å². The van der Waals surface area contributed by atoms with Crippen LogP contribution in [0.5, 0.6) is 0 Å². The average molecular weight is 416 g/mol. The third kappa shape index (κ3) is 4.61. The predicted octanol–water partition coefficient (Wildman–Crippen LogP) is 2.49. The average Bonchev–Trinajstić information content (AvgIpc) is 3.14. The zero-order valence-electron chi connectivity index (χ0n) is 18.7. The van der Waals surface area contributed by atoms with Crippen molar-refractivity contribution in [2.45, 2.75) is 26.7 Å². The topological polar surface area (TPSA) is 64.9 Å². The van der Waals surface area contributed by atoms with Crippen LogP contribution in [-0.4, -0.2) is 75.4 Å². The summed E-state index contributed by atoms with van der Waals surface area (Å²) in [5.41, 5.74) is 4.33. The molecule has 0 unspecified atom stereocenters. The zero-order chi connectivity index (χ0) is 21.3. The van der Waals surface area contributed by atoms with E-state index in [9.17, 15) is 0 Å². The maximum Gasteiger partial charge on any atom is 0.177 e. The van der Waals surface area contributed by atoms with Crippen molar-refractivity contribution in [3.05, 3.63) is 24.4 Å². The van der Waals surface area contributed by atoms with Gasteiger partial charge in [0.15, 0.2) is 6.29 Å². The Hall–Kier alpha value is -2.16. The van der Waals surface area contributed by atoms with Gasteiger partial charge in [0.05, 0.1) is 32.6 Å². The van der Waals surface area contributed by atoms with Crippen LogP contribution in [0.2, 0.25) is 0 Å². The van der Waals surface area contributed by atoms with Crippen LogP contribution in [0.25, 0.3) is 11.3 Å². The number of ether oxygens (including phenoxy) is 3. The van der Waals surface area contributed by atoms with Crippen LogP contribution in [0.3, 0.4) is 0 Å². The van der Waals surface area contributed by atoms with Crippen molar-refractivity contribution in [2.24, 2.45) is 11.3 Å². The van der Waals surface area contributed by atoms with Gasteiger partial charge in [-0.2, -0.15) is 0 Å². The minimum atomic E-state index is -0.283. The van der Waals surface area contributed by atoms with Crippen LogP contribution >= 0.6 is 0 Å². The second-order valence-corrected chi connectivity index (χ2v) is 9.36. The van der Waals surface area contributed by atoms with E-state index < -0.39 is 0 Å². The molecule has 1 aromatic heterocycles. The molecule has 3 heterocycles. The van der Waals surface area contributed by atoms with E-state index in [-0.39, 0.29) is 11.7 Å². The van der Waals surface area contributed by atoms with Gasteiger partial charge in [0, 0.05) is 62.6 Å². The van der Waals surface area contributed by atoms with Gasteiger partial charge in [-0.1, -0.05) is 19.1 Å². The SMILES string of the molecule is COCC1CN(c2ccc(-c3cn(CC4OCC(C)(C)CO4)nn3)c(N(C)C)c2)C1. The zero-order valence-corrected chi connectivity index (χ0v) is 18.7. The fourth-order valence-corrected chi connectivity index (χ4v) is 3.92. The molecule has 0 amide bonds. The third-order valence-electron chi connectivity index (χ3n) is 5.66. The summed E-state index contributed by atoms with van der Waals surface area (Å²) in [5, 5.41) is 8.72. The van der Waals surface area contributed by atoms with E-state index in [2.05, 4.69) is 66.3 Å². The number of anilines is 2. The van der Waals surface area contributed by atoms with Gasteiger partial charge in [0.25, 0.3) is 0 Å². The van der Waals surface area contributed by atoms with Gasteiger partial charge in [0.2, 0.25) is 0 Å². The normalized spacial score (nSPS) is 19.7. The van der Waals surface area contributed by atoms with Crippen molar-refractivity contribution < 1.29 is 14.2 Å². The summed E-state index contributed by atoms with van der Waals surface area (Å²) in [5.74, 6) is 0.618. The van der Waals surface area contributed by atoms with Crippen molar-refractivity contribution in [3.63, 3.8) is 0 Å². The Morgan fingerprint density at radius 1 is 1.20 bits per heavy atom. The molecule has 0 atom stereocenters. The Balaban J connectivity index is 1.46. The minimum Gasteiger partial charge on any atom is -0.384 e. The van der Waals surface area contributed by atoms with Crippen LogP contribution in [-0.2, 0) is 20.8 Å². The van der Waals surface area contributed by atoms with E-state index in [1.165, 1.54) is 5.69 Å². The minimum absolute atomic E-state index is 0.0619. The number of benzene rings is 1. The molecule has 0 spiro atoms. The lowest BCUT2D eigenvalue weighted by Gasteiger charge is -2.41. The quantitative estimate of drug-likeness (QED) is 0.688. The molecule has 4 rings (SSSR count). The molecular formula is C22H33N5O3. The fraction of sp³-hybridized carbons (Fsp3) is 0.636. The van der Waals surface area contributed by atoms with Crippen LogP contribution in [0, 0.1) is 11.3 Å². The summed E-state index contributed by atoms with van der Waals surface area (Å²) in [6.45, 7) is 9.09. The first-order chi connectivity index (χ1) is 14.3. The van der Waals surface area contributed by atoms with Crippen molar-refractivity contribution in [1.82, 2.24) is 15.0 Å². The molecule has 2 aliphatic rings. The van der Waals surface area contributed by atoms with Crippen LogP contribution in [0.4, 0.5) is 11.4 Å². The molecule has 2 aromatic rings. The Bertz CT molecular complexity index is 850. The van der Waals surface area contributed by atoms with Crippen LogP contribution in [0.15, 0.2) is 24.4 Å². The first-order valence-corrected chi connectivity index (χ1v) is 10.5. The van der Waals surface area contributed by atoms with Gasteiger partial charge in [-0.15, -0.1) is 5.10 Å². The Morgan fingerprint density at radius 2 is 1.93 bits per heavy atom. The van der Waals surface area contributed by atoms with E-state index in [0.717, 1.165) is 36.6 Å². The first-order valence-electron chi connectivity index (χ1n) is 10.5. The maximum atomic E-state index is 5.83. The summed E-state index contributed by atoms with van der Waals surface area (Å²) in [4.78, 5) is 4.51. The summed E-state index contributed by atoms with van der Waals surface area (Å²) < 4.78 is 18.7. The highest BCUT2D eigenvalue weighted by Gasteiger charge is 2.29. The number of hydrogen-bond acceptors (Lipinski definition) is 7. The van der Waals surface area contributed by atoms with Gasteiger partial charge < -0.3 is 24.0 Å². The summed E-state index contributed by atoms with van der Waals surface area (Å²) in [6, 6.07) is 6.53. The van der Waals surface area contributed by atoms with Gasteiger partial charge in [-0.05, 0) is 18.2 Å². The molecule has 164 valence electrons. The fourth-order valence-electron chi connectivity index (χ4n) is 3.92. The third-order valence-corrected chi connectivity index (χ3v) is 5.66. The lowest BCUT2D eigenvalue weighted by Crippen LogP contribution is -2.48. The molecule has 0 radical (unpaired) electrons. The maximum absolute atomic E-state index is 5.83. The monoisotopic (exact) mass is 415 g/mol. The number of nitrogens with zero attached hydrogens (tertiary/aromatic N) is 5. The summed E-state index contributed by atoms with van der Waals surface area (Å²) in [6.07, 6.45) is 1.68. The predicted molar refractivity (Wildman–Crippen MR) is 117 cm³/mol. The van der Waals surface area contributed by atoms with Crippen molar-refractivity contribution >= 4 is 11.4 Å². The molecule has 2 saturated heterocycles. The highest BCUT2D eigenvalue weighted by atomic mass is 16.7. The smallest absolute Gasteiger partial charge is 0.177 e. The van der Waals surface area contributed by atoms with Gasteiger partial charge >= 0.3 is 0 Å². The van der Waals surface area contributed by atoms with Crippen molar-refractivity contribution in [3.8, 4) is 11.3 Å². The van der Waals surface area contributed by atoms with Gasteiger partial charge in [-0.3, -0.25) is 0 Å². The molecule has 2 aliphatic heterocycles. The molecular weight excluding hydrogens is 382 g/mol. The standard InChI is InChI=1S/C22H33N5O3/c1-22(2)14-29-21(30-15-22)12-27-11-19(23-24-27)18-7-6-17(8-20(18)25(3)4)26-9-16(10-26)13-28-5/h6-8,11,16,21H,9-10,12-15H2,1-5H3. The summed E-state index contributed by atoms with van der Waals surface area (Å²) >= 11 is 0. The molecule has 0 N–H and O–H groups in total. The number of methoxy groups -OCH3 is 1. The molecule has 0 saturated carbocycles. The van der Waals surface area contributed by atoms with E-state index >= 15 is 0 Å². The molecule has 0 aliphatic carbocycles. The van der Waals surface area contributed by atoms with Crippen molar-refractivity contribution in [1.29, 1.82) is 0 Å². The Labute approximate surface area is 178 Å². The van der Waals surface area contributed by atoms with Crippen LogP contribution < -0.4 is 9.80 Å². The lowest BCUT2D eigenvalue weighted by atomic mass is 9.96. The second kappa shape index (κ2) is 8.53. The number of rotatable bonds is 7. The highest BCUT2D eigenvalue weighted by Crippen LogP contribution is 2.35. The molecule has 2 fully saturated rings. The van der Waals surface area contributed by atoms with E-state index in [1.54, 1.807) is 11.8 Å². The van der Waals surface area contributed by atoms with E-state index in [0.29, 0.717) is 25.7 Å². The van der Waals surface area contributed by atoms with Crippen molar-refractivity contribution in [2.75, 3.05) is 63.9 Å². The first kappa shape index (κ1) is 21.1. The number of aromatic nitrogens is 3. The molecule has 1 aromatic carbocycles. The molecule has 30 heavy (non-hydrogen) atoms. The van der Waals surface area contributed by atoms with Gasteiger partial charge in [-0.25, -0.2) is 4.68 Å². The molecule has 8 nitrogen and oxygen atoms in total. The lowest BCUT2D eigenvalue weighted by molar-refractivity contribution is -0.227. The van der Waals surface area contributed by atoms with E-state index in [4.69, 9.17) is 14.2 Å². The Morgan fingerprint density at radius 3 is 2.60 bits per heavy atom. The molecule has 8 heteroatoms. The van der Waals surface area contributed by atoms with E-state index in [1.807, 2.05) is 6.20 Å².